The molecule has 2 aromatic rings. The van der Waals surface area contributed by atoms with Crippen molar-refractivity contribution in [2.24, 2.45) is 0 Å². The van der Waals surface area contributed by atoms with E-state index in [1.54, 1.807) is 6.07 Å². The average Bonchev–Trinajstić information content (AvgIpc) is 2.38. The summed E-state index contributed by atoms with van der Waals surface area (Å²) in [7, 11) is 0. The van der Waals surface area contributed by atoms with E-state index in [0.717, 1.165) is 17.0 Å². The van der Waals surface area contributed by atoms with E-state index in [9.17, 15) is 4.39 Å². The summed E-state index contributed by atoms with van der Waals surface area (Å²) in [6, 6.07) is 6.11. The van der Waals surface area contributed by atoms with Gasteiger partial charge in [-0.1, -0.05) is 6.92 Å². The number of hydrogen-bond donors (Lipinski definition) is 3. The molecule has 0 radical (unpaired) electrons. The van der Waals surface area contributed by atoms with Crippen molar-refractivity contribution in [1.82, 2.24) is 15.3 Å². The lowest BCUT2D eigenvalue weighted by Crippen LogP contribution is -2.12. The Kier molecular flexibility index (Phi) is 4.75. The Bertz CT molecular complexity index is 585. The van der Waals surface area contributed by atoms with Crippen LogP contribution >= 0.6 is 11.8 Å². The van der Waals surface area contributed by atoms with Gasteiger partial charge in [0.2, 0.25) is 0 Å². The van der Waals surface area contributed by atoms with E-state index in [1.807, 2.05) is 6.92 Å². The van der Waals surface area contributed by atoms with Crippen LogP contribution < -0.4 is 16.8 Å². The Hall–Kier alpha value is -1.86. The fraction of sp³-hybridized carbons (Fsp3) is 0.231. The van der Waals surface area contributed by atoms with Crippen LogP contribution in [-0.4, -0.2) is 16.5 Å². The van der Waals surface area contributed by atoms with E-state index in [-0.39, 0.29) is 5.82 Å². The van der Waals surface area contributed by atoms with Crippen molar-refractivity contribution in [1.29, 1.82) is 0 Å². The number of nitrogens with two attached hydrogens (primary N) is 2. The Morgan fingerprint density at radius 3 is 2.55 bits per heavy atom. The lowest BCUT2D eigenvalue weighted by Gasteiger charge is -2.09. The maximum atomic E-state index is 13.3. The highest BCUT2D eigenvalue weighted by molar-refractivity contribution is 7.99. The van der Waals surface area contributed by atoms with E-state index < -0.39 is 0 Å². The second-order valence-electron chi connectivity index (χ2n) is 4.13. The van der Waals surface area contributed by atoms with Crippen LogP contribution in [0, 0.1) is 5.82 Å². The van der Waals surface area contributed by atoms with Crippen LogP contribution in [0.5, 0.6) is 0 Å². The molecule has 0 aliphatic carbocycles. The van der Waals surface area contributed by atoms with Gasteiger partial charge in [-0.25, -0.2) is 14.4 Å². The summed E-state index contributed by atoms with van der Waals surface area (Å²) in [5.41, 5.74) is 12.1. The van der Waals surface area contributed by atoms with E-state index in [1.165, 1.54) is 30.0 Å². The fourth-order valence-corrected chi connectivity index (χ4v) is 2.55. The minimum atomic E-state index is -0.268. The summed E-state index contributed by atoms with van der Waals surface area (Å²) < 4.78 is 13.3. The van der Waals surface area contributed by atoms with Crippen molar-refractivity contribution in [3.63, 3.8) is 0 Å². The fourth-order valence-electron chi connectivity index (χ4n) is 1.65. The van der Waals surface area contributed by atoms with Gasteiger partial charge in [0.15, 0.2) is 5.16 Å². The average molecular weight is 293 g/mol. The molecule has 0 unspecified atom stereocenters. The molecule has 0 amide bonds. The molecule has 1 heterocycles. The molecule has 2 rings (SSSR count). The number of nitrogens with zero attached hydrogens (tertiary/aromatic N) is 2. The normalized spacial score (nSPS) is 10.7. The first-order chi connectivity index (χ1) is 9.58. The molecular weight excluding hydrogens is 277 g/mol. The van der Waals surface area contributed by atoms with Gasteiger partial charge in [-0.05, 0) is 42.1 Å². The molecule has 0 saturated carbocycles. The van der Waals surface area contributed by atoms with Crippen LogP contribution in [0.15, 0.2) is 34.3 Å². The second-order valence-corrected chi connectivity index (χ2v) is 5.14. The van der Waals surface area contributed by atoms with Gasteiger partial charge in [0.25, 0.3) is 0 Å². The minimum Gasteiger partial charge on any atom is -0.383 e. The van der Waals surface area contributed by atoms with Gasteiger partial charge in [0, 0.05) is 17.5 Å². The molecular formula is C13H16FN5S. The lowest BCUT2D eigenvalue weighted by atomic mass is 10.2. The number of aromatic nitrogens is 2. The third-order valence-electron chi connectivity index (χ3n) is 2.53. The zero-order valence-electron chi connectivity index (χ0n) is 11.1. The van der Waals surface area contributed by atoms with Crippen molar-refractivity contribution < 1.29 is 4.39 Å². The number of anilines is 2. The van der Waals surface area contributed by atoms with Gasteiger partial charge in [-0.2, -0.15) is 0 Å². The first-order valence-electron chi connectivity index (χ1n) is 6.15. The Morgan fingerprint density at radius 1 is 1.20 bits per heavy atom. The van der Waals surface area contributed by atoms with Crippen LogP contribution in [0.1, 0.15) is 12.5 Å². The molecule has 0 bridgehead atoms. The maximum Gasteiger partial charge on any atom is 0.196 e. The zero-order chi connectivity index (χ0) is 14.5. The molecule has 106 valence electrons. The Morgan fingerprint density at radius 2 is 1.90 bits per heavy atom. The largest absolute Gasteiger partial charge is 0.383 e. The summed E-state index contributed by atoms with van der Waals surface area (Å²) in [6.45, 7) is 3.38. The van der Waals surface area contributed by atoms with E-state index in [0.29, 0.717) is 23.3 Å². The molecule has 1 aromatic heterocycles. The molecule has 0 fully saturated rings. The number of nitrogen functional groups attached to an aromatic ring is 2. The van der Waals surface area contributed by atoms with Gasteiger partial charge in [0.05, 0.1) is 0 Å². The monoisotopic (exact) mass is 293 g/mol. The van der Waals surface area contributed by atoms with Gasteiger partial charge < -0.3 is 16.8 Å². The first-order valence-corrected chi connectivity index (χ1v) is 6.97. The molecule has 0 spiro atoms. The molecule has 20 heavy (non-hydrogen) atoms. The van der Waals surface area contributed by atoms with Crippen LogP contribution in [0.25, 0.3) is 0 Å². The number of halogens is 1. The van der Waals surface area contributed by atoms with Crippen molar-refractivity contribution >= 4 is 23.4 Å². The first kappa shape index (κ1) is 14.5. The van der Waals surface area contributed by atoms with E-state index in [4.69, 9.17) is 11.5 Å². The highest BCUT2D eigenvalue weighted by Gasteiger charge is 2.09. The summed E-state index contributed by atoms with van der Waals surface area (Å²) >= 11 is 1.31. The quantitative estimate of drug-likeness (QED) is 0.731. The van der Waals surface area contributed by atoms with E-state index >= 15 is 0 Å². The number of benzene rings is 1. The van der Waals surface area contributed by atoms with Crippen LogP contribution in [-0.2, 0) is 6.54 Å². The third kappa shape index (κ3) is 3.82. The Balaban J connectivity index is 2.27. The van der Waals surface area contributed by atoms with Crippen molar-refractivity contribution in [3.8, 4) is 0 Å². The molecule has 0 aliphatic heterocycles. The number of hydrogen-bond acceptors (Lipinski definition) is 6. The van der Waals surface area contributed by atoms with Gasteiger partial charge >= 0.3 is 0 Å². The van der Waals surface area contributed by atoms with E-state index in [2.05, 4.69) is 15.3 Å². The summed E-state index contributed by atoms with van der Waals surface area (Å²) in [4.78, 5) is 9.09. The van der Waals surface area contributed by atoms with Gasteiger partial charge in [0.1, 0.15) is 17.5 Å². The minimum absolute atomic E-state index is 0.268. The molecule has 7 heteroatoms. The smallest absolute Gasteiger partial charge is 0.196 e. The van der Waals surface area contributed by atoms with Crippen LogP contribution in [0.2, 0.25) is 0 Å². The Labute approximate surface area is 121 Å². The lowest BCUT2D eigenvalue weighted by molar-refractivity contribution is 0.619. The zero-order valence-corrected chi connectivity index (χ0v) is 11.9. The van der Waals surface area contributed by atoms with Gasteiger partial charge in [-0.15, -0.1) is 0 Å². The van der Waals surface area contributed by atoms with Crippen LogP contribution in [0.3, 0.4) is 0 Å². The predicted molar refractivity (Wildman–Crippen MR) is 78.8 cm³/mol. The molecule has 1 aromatic carbocycles. The highest BCUT2D eigenvalue weighted by atomic mass is 32.2. The third-order valence-corrected chi connectivity index (χ3v) is 3.52. The van der Waals surface area contributed by atoms with Crippen LogP contribution in [0.4, 0.5) is 16.0 Å². The summed E-state index contributed by atoms with van der Waals surface area (Å²) in [6.07, 6.45) is 0. The molecule has 5 nitrogen and oxygen atoms in total. The maximum absolute atomic E-state index is 13.3. The highest BCUT2D eigenvalue weighted by Crippen LogP contribution is 2.29. The number of nitrogens with one attached hydrogen (secondary N) is 1. The van der Waals surface area contributed by atoms with Gasteiger partial charge in [-0.3, -0.25) is 0 Å². The summed E-state index contributed by atoms with van der Waals surface area (Å²) in [5, 5.41) is 3.62. The van der Waals surface area contributed by atoms with Crippen molar-refractivity contribution in [3.05, 3.63) is 35.6 Å². The molecule has 5 N–H and O–H groups in total. The topological polar surface area (TPSA) is 89.8 Å². The number of rotatable bonds is 5. The summed E-state index contributed by atoms with van der Waals surface area (Å²) in [5.74, 6) is 0.362. The molecule has 0 atom stereocenters. The standard InChI is InChI=1S/C13H16FN5S/c1-2-17-7-8-5-9(14)3-4-10(8)20-13-18-11(15)6-12(16)19-13/h3-6,17H,2,7H2,1H3,(H4,15,16,18,19). The predicted octanol–water partition coefficient (Wildman–Crippen LogP) is 2.04. The SMILES string of the molecule is CCNCc1cc(F)ccc1Sc1nc(N)cc(N)n1. The second kappa shape index (κ2) is 6.53. The van der Waals surface area contributed by atoms with Crippen molar-refractivity contribution in [2.75, 3.05) is 18.0 Å². The molecule has 0 saturated heterocycles. The van der Waals surface area contributed by atoms with Crippen molar-refractivity contribution in [2.45, 2.75) is 23.5 Å². The molecule has 0 aliphatic rings.